The second-order valence-electron chi connectivity index (χ2n) is 9.52. The Bertz CT molecular complexity index is 825. The summed E-state index contributed by atoms with van der Waals surface area (Å²) in [5.74, 6) is 0.713. The van der Waals surface area contributed by atoms with Crippen molar-refractivity contribution in [2.24, 2.45) is 11.3 Å². The van der Waals surface area contributed by atoms with Crippen LogP contribution in [0.2, 0.25) is 0 Å². The molecule has 2 aliphatic rings. The lowest BCUT2D eigenvalue weighted by molar-refractivity contribution is -0.148. The average molecular weight is 399 g/mol. The van der Waals surface area contributed by atoms with Crippen molar-refractivity contribution in [2.75, 3.05) is 13.2 Å². The summed E-state index contributed by atoms with van der Waals surface area (Å²) in [6.45, 7) is 13.2. The van der Waals surface area contributed by atoms with E-state index in [4.69, 9.17) is 9.47 Å². The van der Waals surface area contributed by atoms with Gasteiger partial charge < -0.3 is 14.6 Å². The van der Waals surface area contributed by atoms with Crippen LogP contribution in [0, 0.1) is 32.1 Å². The van der Waals surface area contributed by atoms with E-state index in [1.165, 1.54) is 5.56 Å². The molecular formula is C25H34O4. The third kappa shape index (κ3) is 4.81. The summed E-state index contributed by atoms with van der Waals surface area (Å²) >= 11 is 0. The Morgan fingerprint density at radius 2 is 1.72 bits per heavy atom. The summed E-state index contributed by atoms with van der Waals surface area (Å²) in [4.78, 5) is 12.7. The summed E-state index contributed by atoms with van der Waals surface area (Å²) in [6.07, 6.45) is 3.84. The molecule has 4 heteroatoms. The van der Waals surface area contributed by atoms with Crippen LogP contribution in [0.5, 0.6) is 0 Å². The smallest absolute Gasteiger partial charge is 0.316 e. The van der Waals surface area contributed by atoms with E-state index in [0.29, 0.717) is 18.1 Å². The first-order valence-electron chi connectivity index (χ1n) is 10.6. The third-order valence-corrected chi connectivity index (χ3v) is 5.78. The molecule has 3 rings (SSSR count). The minimum absolute atomic E-state index is 0.271. The lowest BCUT2D eigenvalue weighted by Gasteiger charge is -2.21. The number of ether oxygens (including phenoxy) is 2. The molecule has 1 unspecified atom stereocenters. The van der Waals surface area contributed by atoms with Crippen molar-refractivity contribution >= 4 is 11.5 Å². The van der Waals surface area contributed by atoms with Crippen LogP contribution in [-0.4, -0.2) is 30.4 Å². The number of hydrogen-bond acceptors (Lipinski definition) is 4. The first-order valence-corrected chi connectivity index (χ1v) is 10.6. The molecule has 1 aliphatic heterocycles. The van der Waals surface area contributed by atoms with Crippen molar-refractivity contribution in [1.29, 1.82) is 0 Å². The van der Waals surface area contributed by atoms with Crippen LogP contribution in [-0.2, 0) is 14.3 Å². The first kappa shape index (κ1) is 21.8. The Morgan fingerprint density at radius 1 is 1.14 bits per heavy atom. The predicted molar refractivity (Wildman–Crippen MR) is 115 cm³/mol. The molecular weight excluding hydrogens is 364 g/mol. The van der Waals surface area contributed by atoms with E-state index >= 15 is 0 Å². The van der Waals surface area contributed by atoms with Gasteiger partial charge in [0.15, 0.2) is 0 Å². The summed E-state index contributed by atoms with van der Waals surface area (Å²) in [7, 11) is 0. The molecule has 0 saturated carbocycles. The fourth-order valence-electron chi connectivity index (χ4n) is 4.29. The van der Waals surface area contributed by atoms with Crippen molar-refractivity contribution in [2.45, 2.75) is 66.9 Å². The second-order valence-corrected chi connectivity index (χ2v) is 9.52. The molecule has 1 heterocycles. The molecule has 0 bridgehead atoms. The van der Waals surface area contributed by atoms with Crippen LogP contribution >= 0.6 is 0 Å². The molecule has 1 fully saturated rings. The SMILES string of the molecule is Cc1cc(C)c(C2=C(OC(=O)C(C)(C)C)CC(=CC3CCOCC3)C2O)c(C)c1. The maximum Gasteiger partial charge on any atom is 0.316 e. The van der Waals surface area contributed by atoms with Crippen LogP contribution in [0.1, 0.15) is 62.3 Å². The molecule has 1 aromatic carbocycles. The van der Waals surface area contributed by atoms with Gasteiger partial charge in [0.05, 0.1) is 5.41 Å². The zero-order valence-corrected chi connectivity index (χ0v) is 18.6. The summed E-state index contributed by atoms with van der Waals surface area (Å²) in [6, 6.07) is 4.23. The number of allylic oxidation sites excluding steroid dienone is 2. The van der Waals surface area contributed by atoms with Gasteiger partial charge in [0.25, 0.3) is 0 Å². The average Bonchev–Trinajstić information content (AvgIpc) is 2.90. The number of benzene rings is 1. The number of aliphatic hydroxyl groups is 1. The van der Waals surface area contributed by atoms with Gasteiger partial charge in [-0.2, -0.15) is 0 Å². The van der Waals surface area contributed by atoms with E-state index in [1.807, 2.05) is 20.8 Å². The van der Waals surface area contributed by atoms with Gasteiger partial charge in [0, 0.05) is 25.2 Å². The Labute approximate surface area is 174 Å². The van der Waals surface area contributed by atoms with E-state index in [1.54, 1.807) is 0 Å². The van der Waals surface area contributed by atoms with Crippen molar-refractivity contribution in [1.82, 2.24) is 0 Å². The van der Waals surface area contributed by atoms with Crippen molar-refractivity contribution in [3.8, 4) is 0 Å². The number of rotatable bonds is 3. The summed E-state index contributed by atoms with van der Waals surface area (Å²) in [5.41, 5.74) is 5.44. The van der Waals surface area contributed by atoms with E-state index < -0.39 is 11.5 Å². The Balaban J connectivity index is 2.03. The van der Waals surface area contributed by atoms with Crippen molar-refractivity contribution < 1.29 is 19.4 Å². The molecule has 0 amide bonds. The zero-order valence-electron chi connectivity index (χ0n) is 18.6. The molecule has 1 aromatic rings. The minimum atomic E-state index is -0.749. The molecule has 1 atom stereocenters. The number of carbonyl (C=O) groups is 1. The summed E-state index contributed by atoms with van der Waals surface area (Å²) < 4.78 is 11.4. The van der Waals surface area contributed by atoms with Gasteiger partial charge in [0.2, 0.25) is 0 Å². The topological polar surface area (TPSA) is 55.8 Å². The van der Waals surface area contributed by atoms with E-state index in [9.17, 15) is 9.90 Å². The molecule has 29 heavy (non-hydrogen) atoms. The first-order chi connectivity index (χ1) is 13.6. The Morgan fingerprint density at radius 3 is 2.28 bits per heavy atom. The quantitative estimate of drug-likeness (QED) is 0.573. The predicted octanol–water partition coefficient (Wildman–Crippen LogP) is 5.03. The molecule has 158 valence electrons. The van der Waals surface area contributed by atoms with Crippen LogP contribution < -0.4 is 0 Å². The molecule has 0 radical (unpaired) electrons. The number of aliphatic hydroxyl groups excluding tert-OH is 1. The Kier molecular flexibility index (Phi) is 6.35. The number of esters is 1. The molecule has 1 aliphatic carbocycles. The largest absolute Gasteiger partial charge is 0.430 e. The number of aryl methyl sites for hydroxylation is 3. The standard InChI is InChI=1S/C25H34O4/c1-15-11-16(2)21(17(3)12-15)22-20(29-24(27)25(4,5)6)14-19(23(22)26)13-18-7-9-28-10-8-18/h11-13,18,23,26H,7-10,14H2,1-6H3. The fraction of sp³-hybridized carbons (Fsp3) is 0.560. The van der Waals surface area contributed by atoms with E-state index in [2.05, 4.69) is 39.0 Å². The minimum Gasteiger partial charge on any atom is -0.430 e. The van der Waals surface area contributed by atoms with Crippen LogP contribution in [0.25, 0.3) is 5.57 Å². The second kappa shape index (κ2) is 8.45. The van der Waals surface area contributed by atoms with Crippen LogP contribution in [0.15, 0.2) is 29.5 Å². The van der Waals surface area contributed by atoms with Gasteiger partial charge in [-0.25, -0.2) is 0 Å². The van der Waals surface area contributed by atoms with Gasteiger partial charge in [-0.15, -0.1) is 0 Å². The summed E-state index contributed by atoms with van der Waals surface area (Å²) in [5, 5.41) is 11.3. The normalized spacial score (nSPS) is 22.4. The number of carbonyl (C=O) groups excluding carboxylic acids is 1. The molecule has 0 spiro atoms. The highest BCUT2D eigenvalue weighted by Crippen LogP contribution is 2.42. The number of hydrogen-bond donors (Lipinski definition) is 1. The van der Waals surface area contributed by atoms with E-state index in [-0.39, 0.29) is 5.97 Å². The Hall–Kier alpha value is -1.91. The maximum absolute atomic E-state index is 12.7. The van der Waals surface area contributed by atoms with Crippen LogP contribution in [0.3, 0.4) is 0 Å². The van der Waals surface area contributed by atoms with Crippen molar-refractivity contribution in [3.63, 3.8) is 0 Å². The molecule has 0 aromatic heterocycles. The monoisotopic (exact) mass is 398 g/mol. The molecule has 1 saturated heterocycles. The maximum atomic E-state index is 12.7. The lowest BCUT2D eigenvalue weighted by atomic mass is 9.90. The lowest BCUT2D eigenvalue weighted by Crippen LogP contribution is -2.22. The highest BCUT2D eigenvalue weighted by atomic mass is 16.5. The molecule has 4 nitrogen and oxygen atoms in total. The third-order valence-electron chi connectivity index (χ3n) is 5.78. The highest BCUT2D eigenvalue weighted by molar-refractivity contribution is 5.84. The van der Waals surface area contributed by atoms with Gasteiger partial charge >= 0.3 is 5.97 Å². The van der Waals surface area contributed by atoms with Crippen LogP contribution in [0.4, 0.5) is 0 Å². The van der Waals surface area contributed by atoms with Gasteiger partial charge in [-0.1, -0.05) is 23.8 Å². The highest BCUT2D eigenvalue weighted by Gasteiger charge is 2.36. The molecule has 1 N–H and O–H groups in total. The van der Waals surface area contributed by atoms with Gasteiger partial charge in [-0.3, -0.25) is 4.79 Å². The van der Waals surface area contributed by atoms with E-state index in [0.717, 1.165) is 53.9 Å². The fourth-order valence-corrected chi connectivity index (χ4v) is 4.29. The van der Waals surface area contributed by atoms with Crippen molar-refractivity contribution in [3.05, 3.63) is 51.8 Å². The van der Waals surface area contributed by atoms with Gasteiger partial charge in [-0.05, 0) is 82.6 Å². The van der Waals surface area contributed by atoms with Gasteiger partial charge in [0.1, 0.15) is 11.9 Å². The zero-order chi connectivity index (χ0) is 21.3.